The van der Waals surface area contributed by atoms with Crippen molar-refractivity contribution in [1.29, 1.82) is 0 Å². The first-order chi connectivity index (χ1) is 9.82. The zero-order valence-electron chi connectivity index (χ0n) is 14.0. The molecule has 0 radical (unpaired) electrons. The van der Waals surface area contributed by atoms with Crippen molar-refractivity contribution in [3.63, 3.8) is 0 Å². The minimum atomic E-state index is -0.108. The molecule has 2 aliphatic heterocycles. The minimum absolute atomic E-state index is 0.108. The van der Waals surface area contributed by atoms with Gasteiger partial charge in [-0.15, -0.1) is 0 Å². The molecule has 0 saturated carbocycles. The Kier molecular flexibility index (Phi) is 4.95. The molecule has 2 fully saturated rings. The molecule has 2 rings (SSSR count). The number of amides is 2. The second-order valence-corrected chi connectivity index (χ2v) is 7.65. The lowest BCUT2D eigenvalue weighted by Crippen LogP contribution is -2.38. The number of likely N-dealkylation sites (tertiary alicyclic amines) is 2. The van der Waals surface area contributed by atoms with Gasteiger partial charge in [0.25, 0.3) is 0 Å². The van der Waals surface area contributed by atoms with E-state index in [-0.39, 0.29) is 17.7 Å². The highest BCUT2D eigenvalue weighted by molar-refractivity contribution is 5.89. The average molecular weight is 294 g/mol. The predicted molar refractivity (Wildman–Crippen MR) is 83.7 cm³/mol. The summed E-state index contributed by atoms with van der Waals surface area (Å²) in [5, 5.41) is 0. The van der Waals surface area contributed by atoms with Gasteiger partial charge in [0.05, 0.1) is 5.92 Å². The van der Waals surface area contributed by atoms with Crippen molar-refractivity contribution in [2.45, 2.75) is 53.4 Å². The van der Waals surface area contributed by atoms with E-state index in [2.05, 4.69) is 20.8 Å². The standard InChI is InChI=1S/C17H30N2O2/c1-5-18-12-13(11-15(18)20)16(21)19-9-6-7-14(8-10-19)17(2,3)4/h13-14H,5-12H2,1-4H3/t13-,14+/m0/s1. The zero-order chi connectivity index (χ0) is 15.6. The van der Waals surface area contributed by atoms with Crippen LogP contribution in [0.1, 0.15) is 53.4 Å². The molecule has 0 bridgehead atoms. The molecule has 2 heterocycles. The molecule has 0 spiro atoms. The monoisotopic (exact) mass is 294 g/mol. The van der Waals surface area contributed by atoms with Gasteiger partial charge in [-0.2, -0.15) is 0 Å². The quantitative estimate of drug-likeness (QED) is 0.785. The van der Waals surface area contributed by atoms with Crippen LogP contribution in [0, 0.1) is 17.3 Å². The van der Waals surface area contributed by atoms with Gasteiger partial charge in [-0.3, -0.25) is 9.59 Å². The smallest absolute Gasteiger partial charge is 0.227 e. The van der Waals surface area contributed by atoms with E-state index in [0.717, 1.165) is 25.9 Å². The molecular weight excluding hydrogens is 264 g/mol. The largest absolute Gasteiger partial charge is 0.342 e. The van der Waals surface area contributed by atoms with Crippen molar-refractivity contribution in [2.75, 3.05) is 26.2 Å². The molecule has 2 saturated heterocycles. The fourth-order valence-corrected chi connectivity index (χ4v) is 3.68. The Morgan fingerprint density at radius 1 is 1.24 bits per heavy atom. The van der Waals surface area contributed by atoms with Crippen LogP contribution in [-0.2, 0) is 9.59 Å². The molecule has 0 aliphatic carbocycles. The normalized spacial score (nSPS) is 27.9. The Balaban J connectivity index is 1.94. The number of hydrogen-bond acceptors (Lipinski definition) is 2. The van der Waals surface area contributed by atoms with E-state index >= 15 is 0 Å². The summed E-state index contributed by atoms with van der Waals surface area (Å²) in [6.07, 6.45) is 3.79. The highest BCUT2D eigenvalue weighted by atomic mass is 16.2. The molecule has 0 unspecified atom stereocenters. The molecule has 2 amide bonds. The third-order valence-electron chi connectivity index (χ3n) is 5.21. The molecule has 4 heteroatoms. The van der Waals surface area contributed by atoms with Crippen LogP contribution in [-0.4, -0.2) is 47.8 Å². The molecule has 4 nitrogen and oxygen atoms in total. The lowest BCUT2D eigenvalue weighted by atomic mass is 9.77. The summed E-state index contributed by atoms with van der Waals surface area (Å²) in [5.41, 5.74) is 0.321. The first-order valence-corrected chi connectivity index (χ1v) is 8.39. The van der Waals surface area contributed by atoms with Crippen LogP contribution in [0.4, 0.5) is 0 Å². The van der Waals surface area contributed by atoms with E-state index in [1.165, 1.54) is 6.42 Å². The maximum Gasteiger partial charge on any atom is 0.227 e. The van der Waals surface area contributed by atoms with E-state index < -0.39 is 0 Å². The number of carbonyl (C=O) groups excluding carboxylic acids is 2. The molecular formula is C17H30N2O2. The van der Waals surface area contributed by atoms with Crippen LogP contribution in [0.5, 0.6) is 0 Å². The Morgan fingerprint density at radius 2 is 1.95 bits per heavy atom. The lowest BCUT2D eigenvalue weighted by molar-refractivity contribution is -0.135. The highest BCUT2D eigenvalue weighted by Crippen LogP contribution is 2.34. The highest BCUT2D eigenvalue weighted by Gasteiger charge is 2.37. The van der Waals surface area contributed by atoms with Gasteiger partial charge >= 0.3 is 0 Å². The van der Waals surface area contributed by atoms with Crippen molar-refractivity contribution in [1.82, 2.24) is 9.80 Å². The molecule has 2 atom stereocenters. The van der Waals surface area contributed by atoms with Crippen molar-refractivity contribution < 1.29 is 9.59 Å². The van der Waals surface area contributed by atoms with Gasteiger partial charge < -0.3 is 9.80 Å². The van der Waals surface area contributed by atoms with E-state index in [9.17, 15) is 9.59 Å². The second kappa shape index (κ2) is 6.37. The van der Waals surface area contributed by atoms with Gasteiger partial charge in [0.2, 0.25) is 11.8 Å². The predicted octanol–water partition coefficient (Wildman–Crippen LogP) is 2.53. The third kappa shape index (κ3) is 3.78. The summed E-state index contributed by atoms with van der Waals surface area (Å²) in [5.74, 6) is 0.920. The van der Waals surface area contributed by atoms with Crippen LogP contribution in [0.2, 0.25) is 0 Å². The first-order valence-electron chi connectivity index (χ1n) is 8.39. The zero-order valence-corrected chi connectivity index (χ0v) is 14.0. The molecule has 120 valence electrons. The number of nitrogens with zero attached hydrogens (tertiary/aromatic N) is 2. The molecule has 2 aliphatic rings. The van der Waals surface area contributed by atoms with Gasteiger partial charge in [0.1, 0.15) is 0 Å². The number of rotatable bonds is 2. The lowest BCUT2D eigenvalue weighted by Gasteiger charge is -2.30. The molecule has 0 N–H and O–H groups in total. The maximum absolute atomic E-state index is 12.7. The van der Waals surface area contributed by atoms with Crippen LogP contribution in [0.25, 0.3) is 0 Å². The van der Waals surface area contributed by atoms with Crippen LogP contribution in [0.15, 0.2) is 0 Å². The summed E-state index contributed by atoms with van der Waals surface area (Å²) in [6.45, 7) is 11.9. The molecule has 0 aromatic heterocycles. The Hall–Kier alpha value is -1.06. The Morgan fingerprint density at radius 3 is 2.52 bits per heavy atom. The van der Waals surface area contributed by atoms with Crippen LogP contribution < -0.4 is 0 Å². The fourth-order valence-electron chi connectivity index (χ4n) is 3.68. The molecule has 0 aromatic rings. The van der Waals surface area contributed by atoms with Gasteiger partial charge in [0.15, 0.2) is 0 Å². The van der Waals surface area contributed by atoms with E-state index in [1.807, 2.05) is 11.8 Å². The third-order valence-corrected chi connectivity index (χ3v) is 5.21. The van der Waals surface area contributed by atoms with Crippen LogP contribution in [0.3, 0.4) is 0 Å². The average Bonchev–Trinajstić information content (AvgIpc) is 2.63. The van der Waals surface area contributed by atoms with Crippen molar-refractivity contribution in [3.05, 3.63) is 0 Å². The summed E-state index contributed by atoms with van der Waals surface area (Å²) in [6, 6.07) is 0. The summed E-state index contributed by atoms with van der Waals surface area (Å²) >= 11 is 0. The maximum atomic E-state index is 12.7. The summed E-state index contributed by atoms with van der Waals surface area (Å²) in [4.78, 5) is 28.3. The van der Waals surface area contributed by atoms with Gasteiger partial charge in [-0.25, -0.2) is 0 Å². The van der Waals surface area contributed by atoms with Gasteiger partial charge in [-0.1, -0.05) is 20.8 Å². The van der Waals surface area contributed by atoms with Gasteiger partial charge in [-0.05, 0) is 37.5 Å². The fraction of sp³-hybridized carbons (Fsp3) is 0.882. The van der Waals surface area contributed by atoms with E-state index in [0.29, 0.717) is 30.8 Å². The van der Waals surface area contributed by atoms with Crippen molar-refractivity contribution in [2.24, 2.45) is 17.3 Å². The first kappa shape index (κ1) is 16.3. The SMILES string of the molecule is CCN1C[C@@H](C(=O)N2CCC[C@@H](C(C)(C)C)CC2)CC1=O. The van der Waals surface area contributed by atoms with Crippen molar-refractivity contribution in [3.8, 4) is 0 Å². The molecule has 21 heavy (non-hydrogen) atoms. The second-order valence-electron chi connectivity index (χ2n) is 7.65. The van der Waals surface area contributed by atoms with Gasteiger partial charge in [0, 0.05) is 32.6 Å². The topological polar surface area (TPSA) is 40.6 Å². The summed E-state index contributed by atoms with van der Waals surface area (Å²) < 4.78 is 0. The number of carbonyl (C=O) groups is 2. The van der Waals surface area contributed by atoms with Crippen LogP contribution >= 0.6 is 0 Å². The summed E-state index contributed by atoms with van der Waals surface area (Å²) in [7, 11) is 0. The Labute approximate surface area is 128 Å². The Bertz CT molecular complexity index is 400. The molecule has 0 aromatic carbocycles. The van der Waals surface area contributed by atoms with E-state index in [1.54, 1.807) is 4.90 Å². The minimum Gasteiger partial charge on any atom is -0.342 e. The van der Waals surface area contributed by atoms with Crippen molar-refractivity contribution >= 4 is 11.8 Å². The number of hydrogen-bond donors (Lipinski definition) is 0. The van der Waals surface area contributed by atoms with E-state index in [4.69, 9.17) is 0 Å².